The molecule has 1 aliphatic heterocycles. The Kier molecular flexibility index (Phi) is 6.06. The molecule has 0 N–H and O–H groups in total. The molecule has 0 aliphatic carbocycles. The fraction of sp³-hybridized carbons (Fsp3) is 1.00. The van der Waals surface area contributed by atoms with Gasteiger partial charge in [0.2, 0.25) is 0 Å². The smallest absolute Gasteiger partial charge is 0.0113 e. The largest absolute Gasteiger partial charge is 0.301 e. The fourth-order valence-corrected chi connectivity index (χ4v) is 2.22. The van der Waals surface area contributed by atoms with Crippen molar-refractivity contribution in [1.82, 2.24) is 9.80 Å². The number of halogens is 1. The first kappa shape index (κ1) is 12.5. The molecule has 1 aliphatic rings. The van der Waals surface area contributed by atoms with Crippen LogP contribution in [0.2, 0.25) is 0 Å². The summed E-state index contributed by atoms with van der Waals surface area (Å²) in [7, 11) is 0. The first-order chi connectivity index (χ1) is 6.77. The fourth-order valence-electron chi connectivity index (χ4n) is 1.97. The highest BCUT2D eigenvalue weighted by molar-refractivity contribution is 9.09. The van der Waals surface area contributed by atoms with Crippen LogP contribution in [0.1, 0.15) is 26.7 Å². The summed E-state index contributed by atoms with van der Waals surface area (Å²) < 4.78 is 0. The van der Waals surface area contributed by atoms with Crippen molar-refractivity contribution in [2.75, 3.05) is 38.1 Å². The summed E-state index contributed by atoms with van der Waals surface area (Å²) in [6, 6.07) is 0.772. The SMILES string of the molecule is CCC(C)N1CCN(CCCBr)CC1. The van der Waals surface area contributed by atoms with Gasteiger partial charge < -0.3 is 4.90 Å². The summed E-state index contributed by atoms with van der Waals surface area (Å²) in [6.45, 7) is 10.9. The molecular weight excluding hydrogens is 240 g/mol. The van der Waals surface area contributed by atoms with Gasteiger partial charge in [-0.3, -0.25) is 4.90 Å². The van der Waals surface area contributed by atoms with Crippen molar-refractivity contribution in [2.45, 2.75) is 32.7 Å². The third kappa shape index (κ3) is 3.87. The zero-order chi connectivity index (χ0) is 10.4. The molecule has 1 fully saturated rings. The molecule has 1 atom stereocenters. The van der Waals surface area contributed by atoms with Crippen LogP contribution in [0.3, 0.4) is 0 Å². The molecule has 1 unspecified atom stereocenters. The minimum absolute atomic E-state index is 0.772. The maximum Gasteiger partial charge on any atom is 0.0113 e. The van der Waals surface area contributed by atoms with E-state index in [1.54, 1.807) is 0 Å². The van der Waals surface area contributed by atoms with E-state index in [0.29, 0.717) is 0 Å². The summed E-state index contributed by atoms with van der Waals surface area (Å²) in [5.41, 5.74) is 0. The Morgan fingerprint density at radius 1 is 1.21 bits per heavy atom. The molecule has 84 valence electrons. The van der Waals surface area contributed by atoms with Crippen LogP contribution in [0.25, 0.3) is 0 Å². The highest BCUT2D eigenvalue weighted by Gasteiger charge is 2.19. The Bertz CT molecular complexity index is 144. The number of hydrogen-bond donors (Lipinski definition) is 0. The topological polar surface area (TPSA) is 6.48 Å². The van der Waals surface area contributed by atoms with Gasteiger partial charge >= 0.3 is 0 Å². The predicted molar refractivity (Wildman–Crippen MR) is 66.2 cm³/mol. The summed E-state index contributed by atoms with van der Waals surface area (Å²) in [5.74, 6) is 0. The molecule has 1 saturated heterocycles. The van der Waals surface area contributed by atoms with Crippen LogP contribution >= 0.6 is 15.9 Å². The van der Waals surface area contributed by atoms with Crippen LogP contribution in [-0.2, 0) is 0 Å². The first-order valence-electron chi connectivity index (χ1n) is 5.80. The lowest BCUT2D eigenvalue weighted by Crippen LogP contribution is -2.49. The van der Waals surface area contributed by atoms with Crippen molar-refractivity contribution in [2.24, 2.45) is 0 Å². The van der Waals surface area contributed by atoms with E-state index < -0.39 is 0 Å². The van der Waals surface area contributed by atoms with Crippen LogP contribution < -0.4 is 0 Å². The third-order valence-electron chi connectivity index (χ3n) is 3.23. The monoisotopic (exact) mass is 262 g/mol. The Balaban J connectivity index is 2.17. The molecule has 0 radical (unpaired) electrons. The molecule has 14 heavy (non-hydrogen) atoms. The van der Waals surface area contributed by atoms with Crippen LogP contribution in [0.5, 0.6) is 0 Å². The normalized spacial score (nSPS) is 22.5. The quantitative estimate of drug-likeness (QED) is 0.701. The molecule has 0 saturated carbocycles. The van der Waals surface area contributed by atoms with E-state index in [0.717, 1.165) is 11.4 Å². The molecule has 1 rings (SSSR count). The van der Waals surface area contributed by atoms with Gasteiger partial charge in [-0.15, -0.1) is 0 Å². The summed E-state index contributed by atoms with van der Waals surface area (Å²) >= 11 is 3.49. The summed E-state index contributed by atoms with van der Waals surface area (Å²) in [4.78, 5) is 5.20. The van der Waals surface area contributed by atoms with Gasteiger partial charge in [0.15, 0.2) is 0 Å². The number of piperazine rings is 1. The molecule has 2 nitrogen and oxygen atoms in total. The van der Waals surface area contributed by atoms with Gasteiger partial charge in [-0.1, -0.05) is 22.9 Å². The Hall–Kier alpha value is 0.400. The zero-order valence-corrected chi connectivity index (χ0v) is 11.1. The van der Waals surface area contributed by atoms with Gasteiger partial charge in [0, 0.05) is 37.6 Å². The summed E-state index contributed by atoms with van der Waals surface area (Å²) in [6.07, 6.45) is 2.56. The molecule has 0 aromatic heterocycles. The Labute approximate surface area is 96.8 Å². The van der Waals surface area contributed by atoms with E-state index in [9.17, 15) is 0 Å². The van der Waals surface area contributed by atoms with Gasteiger partial charge in [-0.05, 0) is 26.3 Å². The second kappa shape index (κ2) is 6.81. The standard InChI is InChI=1S/C11H23BrN2/c1-3-11(2)14-9-7-13(8-10-14)6-4-5-12/h11H,3-10H2,1-2H3. The first-order valence-corrected chi connectivity index (χ1v) is 6.92. The Morgan fingerprint density at radius 2 is 1.86 bits per heavy atom. The van der Waals surface area contributed by atoms with E-state index in [4.69, 9.17) is 0 Å². The lowest BCUT2D eigenvalue weighted by Gasteiger charge is -2.37. The number of alkyl halides is 1. The lowest BCUT2D eigenvalue weighted by molar-refractivity contribution is 0.101. The predicted octanol–water partition coefficient (Wildman–Crippen LogP) is 2.19. The lowest BCUT2D eigenvalue weighted by atomic mass is 10.2. The maximum absolute atomic E-state index is 3.49. The van der Waals surface area contributed by atoms with E-state index in [2.05, 4.69) is 39.6 Å². The van der Waals surface area contributed by atoms with Gasteiger partial charge in [0.05, 0.1) is 0 Å². The number of nitrogens with zero attached hydrogens (tertiary/aromatic N) is 2. The van der Waals surface area contributed by atoms with E-state index in [1.165, 1.54) is 45.6 Å². The second-order valence-corrected chi connectivity index (χ2v) is 4.97. The van der Waals surface area contributed by atoms with Crippen molar-refractivity contribution in [3.63, 3.8) is 0 Å². The van der Waals surface area contributed by atoms with Crippen LogP contribution in [-0.4, -0.2) is 53.9 Å². The molecule has 0 spiro atoms. The minimum atomic E-state index is 0.772. The second-order valence-electron chi connectivity index (χ2n) is 4.18. The highest BCUT2D eigenvalue weighted by atomic mass is 79.9. The van der Waals surface area contributed by atoms with E-state index in [1.807, 2.05) is 0 Å². The summed E-state index contributed by atoms with van der Waals surface area (Å²) in [5, 5.41) is 1.14. The van der Waals surface area contributed by atoms with E-state index >= 15 is 0 Å². The van der Waals surface area contributed by atoms with Crippen molar-refractivity contribution in [3.05, 3.63) is 0 Å². The van der Waals surface area contributed by atoms with Crippen molar-refractivity contribution < 1.29 is 0 Å². The number of hydrogen-bond acceptors (Lipinski definition) is 2. The molecule has 0 bridgehead atoms. The minimum Gasteiger partial charge on any atom is -0.301 e. The average molecular weight is 263 g/mol. The van der Waals surface area contributed by atoms with Gasteiger partial charge in [0.1, 0.15) is 0 Å². The maximum atomic E-state index is 3.49. The van der Waals surface area contributed by atoms with E-state index in [-0.39, 0.29) is 0 Å². The highest BCUT2D eigenvalue weighted by Crippen LogP contribution is 2.08. The van der Waals surface area contributed by atoms with Crippen molar-refractivity contribution >= 4 is 15.9 Å². The Morgan fingerprint density at radius 3 is 2.36 bits per heavy atom. The van der Waals surface area contributed by atoms with Crippen molar-refractivity contribution in [1.29, 1.82) is 0 Å². The molecular formula is C11H23BrN2. The number of rotatable bonds is 5. The van der Waals surface area contributed by atoms with Gasteiger partial charge in [0.25, 0.3) is 0 Å². The van der Waals surface area contributed by atoms with Crippen molar-refractivity contribution in [3.8, 4) is 0 Å². The van der Waals surface area contributed by atoms with Crippen LogP contribution in [0.4, 0.5) is 0 Å². The molecule has 0 amide bonds. The molecule has 1 heterocycles. The molecule has 0 aromatic rings. The van der Waals surface area contributed by atoms with Gasteiger partial charge in [-0.2, -0.15) is 0 Å². The average Bonchev–Trinajstić information content (AvgIpc) is 2.26. The third-order valence-corrected chi connectivity index (χ3v) is 3.79. The zero-order valence-electron chi connectivity index (χ0n) is 9.51. The van der Waals surface area contributed by atoms with Crippen LogP contribution in [0, 0.1) is 0 Å². The molecule has 3 heteroatoms. The van der Waals surface area contributed by atoms with Crippen LogP contribution in [0.15, 0.2) is 0 Å². The van der Waals surface area contributed by atoms with Gasteiger partial charge in [-0.25, -0.2) is 0 Å². The molecule has 0 aromatic carbocycles.